The van der Waals surface area contributed by atoms with Crippen molar-refractivity contribution in [1.29, 1.82) is 0 Å². The van der Waals surface area contributed by atoms with E-state index in [1.54, 1.807) is 4.90 Å². The molecule has 0 aliphatic heterocycles. The maximum absolute atomic E-state index is 12.5. The van der Waals surface area contributed by atoms with Gasteiger partial charge in [-0.25, -0.2) is 4.98 Å². The van der Waals surface area contributed by atoms with Crippen molar-refractivity contribution in [2.24, 2.45) is 0 Å². The van der Waals surface area contributed by atoms with Crippen LogP contribution in [0.4, 0.5) is 5.69 Å². The van der Waals surface area contributed by atoms with E-state index >= 15 is 0 Å². The summed E-state index contributed by atoms with van der Waals surface area (Å²) in [7, 11) is 0. The van der Waals surface area contributed by atoms with Crippen LogP contribution in [0.2, 0.25) is 0 Å². The Kier molecular flexibility index (Phi) is 5.28. The summed E-state index contributed by atoms with van der Waals surface area (Å²) in [5.41, 5.74) is 1.88. The average molecular weight is 338 g/mol. The number of para-hydroxylation sites is 1. The quantitative estimate of drug-likeness (QED) is 0.697. The number of benzene rings is 2. The largest absolute Gasteiger partial charge is 0.312 e. The van der Waals surface area contributed by atoms with Crippen LogP contribution < -0.4 is 4.90 Å². The van der Waals surface area contributed by atoms with Crippen LogP contribution >= 0.6 is 11.8 Å². The molecule has 0 atom stereocenters. The molecule has 0 saturated carbocycles. The van der Waals surface area contributed by atoms with Gasteiger partial charge in [-0.3, -0.25) is 9.89 Å². The fourth-order valence-corrected chi connectivity index (χ4v) is 3.03. The lowest BCUT2D eigenvalue weighted by atomic mass is 10.2. The predicted molar refractivity (Wildman–Crippen MR) is 97.0 cm³/mol. The zero-order valence-electron chi connectivity index (χ0n) is 13.3. The number of anilines is 1. The van der Waals surface area contributed by atoms with E-state index in [-0.39, 0.29) is 5.91 Å². The normalized spacial score (nSPS) is 10.5. The Morgan fingerprint density at radius 1 is 1.08 bits per heavy atom. The van der Waals surface area contributed by atoms with Crippen molar-refractivity contribution < 1.29 is 4.79 Å². The highest BCUT2D eigenvalue weighted by molar-refractivity contribution is 7.99. The van der Waals surface area contributed by atoms with E-state index in [2.05, 4.69) is 15.2 Å². The number of nitrogens with zero attached hydrogens (tertiary/aromatic N) is 3. The molecule has 0 aliphatic rings. The Bertz CT molecular complexity index is 789. The third-order valence-corrected chi connectivity index (χ3v) is 4.35. The average Bonchev–Trinajstić information content (AvgIpc) is 3.11. The van der Waals surface area contributed by atoms with E-state index in [1.165, 1.54) is 11.8 Å². The molecule has 0 unspecified atom stereocenters. The molecule has 6 heteroatoms. The summed E-state index contributed by atoms with van der Waals surface area (Å²) in [6.45, 7) is 2.60. The molecule has 122 valence electrons. The summed E-state index contributed by atoms with van der Waals surface area (Å²) in [6, 6.07) is 19.5. The van der Waals surface area contributed by atoms with Gasteiger partial charge in [-0.1, -0.05) is 60.3 Å². The Balaban J connectivity index is 1.63. The highest BCUT2D eigenvalue weighted by Crippen LogP contribution is 2.20. The van der Waals surface area contributed by atoms with Crippen molar-refractivity contribution in [1.82, 2.24) is 15.2 Å². The summed E-state index contributed by atoms with van der Waals surface area (Å²) >= 11 is 1.34. The molecule has 5 nitrogen and oxygen atoms in total. The number of aromatic amines is 1. The zero-order chi connectivity index (χ0) is 16.8. The van der Waals surface area contributed by atoms with Crippen molar-refractivity contribution >= 4 is 23.4 Å². The number of carbonyl (C=O) groups excluding carboxylic acids is 1. The van der Waals surface area contributed by atoms with Gasteiger partial charge in [0.05, 0.1) is 5.75 Å². The molecule has 3 aromatic rings. The molecule has 24 heavy (non-hydrogen) atoms. The molecule has 0 radical (unpaired) electrons. The minimum Gasteiger partial charge on any atom is -0.312 e. The number of carbonyl (C=O) groups is 1. The van der Waals surface area contributed by atoms with E-state index in [9.17, 15) is 4.79 Å². The van der Waals surface area contributed by atoms with E-state index in [0.717, 1.165) is 11.3 Å². The Labute approximate surface area is 145 Å². The van der Waals surface area contributed by atoms with Gasteiger partial charge in [-0.05, 0) is 19.1 Å². The SMILES string of the molecule is CCN(C(=O)CSc1n[nH]c(-c2ccccc2)n1)c1ccccc1. The fraction of sp³-hybridized carbons (Fsp3) is 0.167. The molecule has 1 aromatic heterocycles. The molecule has 0 fully saturated rings. The van der Waals surface area contributed by atoms with Crippen molar-refractivity contribution in [3.05, 3.63) is 60.7 Å². The maximum Gasteiger partial charge on any atom is 0.237 e. The van der Waals surface area contributed by atoms with Crippen LogP contribution in [0.3, 0.4) is 0 Å². The molecule has 0 spiro atoms. The molecule has 1 N–H and O–H groups in total. The molecule has 0 bridgehead atoms. The molecule has 1 heterocycles. The smallest absolute Gasteiger partial charge is 0.237 e. The second-order valence-corrected chi connectivity index (χ2v) is 6.04. The zero-order valence-corrected chi connectivity index (χ0v) is 14.2. The van der Waals surface area contributed by atoms with Crippen molar-refractivity contribution in [2.45, 2.75) is 12.1 Å². The lowest BCUT2D eigenvalue weighted by Gasteiger charge is -2.20. The van der Waals surface area contributed by atoms with Gasteiger partial charge in [0, 0.05) is 17.8 Å². The standard InChI is InChI=1S/C18H18N4OS/c1-2-22(15-11-7-4-8-12-15)16(23)13-24-18-19-17(20-21-18)14-9-5-3-6-10-14/h3-12H,2,13H2,1H3,(H,19,20,21). The minimum absolute atomic E-state index is 0.0414. The molecular formula is C18H18N4OS. The fourth-order valence-electron chi connectivity index (χ4n) is 2.35. The number of aromatic nitrogens is 3. The number of hydrogen-bond acceptors (Lipinski definition) is 4. The number of thioether (sulfide) groups is 1. The van der Waals surface area contributed by atoms with E-state index in [0.29, 0.717) is 23.3 Å². The first-order chi connectivity index (χ1) is 11.8. The second kappa shape index (κ2) is 7.79. The summed E-state index contributed by atoms with van der Waals surface area (Å²) in [5, 5.41) is 7.67. The summed E-state index contributed by atoms with van der Waals surface area (Å²) in [5.74, 6) is 1.05. The summed E-state index contributed by atoms with van der Waals surface area (Å²) in [6.07, 6.45) is 0. The summed E-state index contributed by atoms with van der Waals surface area (Å²) < 4.78 is 0. The summed E-state index contributed by atoms with van der Waals surface area (Å²) in [4.78, 5) is 18.7. The monoisotopic (exact) mass is 338 g/mol. The maximum atomic E-state index is 12.5. The number of H-pyrrole nitrogens is 1. The third-order valence-electron chi connectivity index (χ3n) is 3.52. The minimum atomic E-state index is 0.0414. The lowest BCUT2D eigenvalue weighted by molar-refractivity contribution is -0.116. The molecule has 1 amide bonds. The molecule has 0 saturated heterocycles. The van der Waals surface area contributed by atoms with Crippen LogP contribution in [-0.4, -0.2) is 33.4 Å². The first-order valence-corrected chi connectivity index (χ1v) is 8.72. The molecule has 3 rings (SSSR count). The van der Waals surface area contributed by atoms with Gasteiger partial charge < -0.3 is 4.90 Å². The molecule has 0 aliphatic carbocycles. The van der Waals surface area contributed by atoms with Gasteiger partial charge in [0.15, 0.2) is 5.82 Å². The van der Waals surface area contributed by atoms with E-state index in [4.69, 9.17) is 0 Å². The van der Waals surface area contributed by atoms with E-state index < -0.39 is 0 Å². The third kappa shape index (κ3) is 3.83. The predicted octanol–water partition coefficient (Wildman–Crippen LogP) is 3.62. The highest BCUT2D eigenvalue weighted by atomic mass is 32.2. The van der Waals surface area contributed by atoms with Crippen LogP contribution in [0.5, 0.6) is 0 Å². The highest BCUT2D eigenvalue weighted by Gasteiger charge is 2.15. The van der Waals surface area contributed by atoms with Crippen LogP contribution in [0.25, 0.3) is 11.4 Å². The van der Waals surface area contributed by atoms with Gasteiger partial charge in [-0.15, -0.1) is 5.10 Å². The van der Waals surface area contributed by atoms with E-state index in [1.807, 2.05) is 67.6 Å². The van der Waals surface area contributed by atoms with Gasteiger partial charge in [-0.2, -0.15) is 0 Å². The Morgan fingerprint density at radius 2 is 1.75 bits per heavy atom. The number of amides is 1. The number of hydrogen-bond donors (Lipinski definition) is 1. The van der Waals surface area contributed by atoms with Gasteiger partial charge in [0.1, 0.15) is 0 Å². The Morgan fingerprint density at radius 3 is 2.42 bits per heavy atom. The first kappa shape index (κ1) is 16.3. The number of nitrogens with one attached hydrogen (secondary N) is 1. The lowest BCUT2D eigenvalue weighted by Crippen LogP contribution is -2.32. The topological polar surface area (TPSA) is 61.9 Å². The molecule has 2 aromatic carbocycles. The van der Waals surface area contributed by atoms with Crippen LogP contribution in [0.1, 0.15) is 6.92 Å². The van der Waals surface area contributed by atoms with Crippen molar-refractivity contribution in [2.75, 3.05) is 17.2 Å². The molecular weight excluding hydrogens is 320 g/mol. The van der Waals surface area contributed by atoms with Crippen LogP contribution in [-0.2, 0) is 4.79 Å². The van der Waals surface area contributed by atoms with Gasteiger partial charge >= 0.3 is 0 Å². The number of rotatable bonds is 6. The van der Waals surface area contributed by atoms with Gasteiger partial charge in [0.25, 0.3) is 0 Å². The van der Waals surface area contributed by atoms with Crippen LogP contribution in [0, 0.1) is 0 Å². The second-order valence-electron chi connectivity index (χ2n) is 5.09. The van der Waals surface area contributed by atoms with Crippen molar-refractivity contribution in [3.63, 3.8) is 0 Å². The van der Waals surface area contributed by atoms with Crippen LogP contribution in [0.15, 0.2) is 65.8 Å². The van der Waals surface area contributed by atoms with Crippen molar-refractivity contribution in [3.8, 4) is 11.4 Å². The Hall–Kier alpha value is -2.60. The first-order valence-electron chi connectivity index (χ1n) is 7.74. The van der Waals surface area contributed by atoms with Gasteiger partial charge in [0.2, 0.25) is 11.1 Å².